The second-order valence-electron chi connectivity index (χ2n) is 5.29. The molecule has 2 nitrogen and oxygen atoms in total. The summed E-state index contributed by atoms with van der Waals surface area (Å²) in [6.07, 6.45) is 0. The van der Waals surface area contributed by atoms with Gasteiger partial charge in [-0.2, -0.15) is 0 Å². The minimum Gasteiger partial charge on any atom is -0.228 e. The number of hydrogen-bond donors (Lipinski definition) is 0. The molecule has 0 amide bonds. The summed E-state index contributed by atoms with van der Waals surface area (Å²) >= 11 is 3.47. The molecule has 0 aliphatic carbocycles. The Morgan fingerprint density at radius 1 is 0.609 bits per heavy atom. The lowest BCUT2D eigenvalue weighted by Gasteiger charge is -2.09. The van der Waals surface area contributed by atoms with Crippen LogP contribution in [0.4, 0.5) is 0 Å². The van der Waals surface area contributed by atoms with Gasteiger partial charge in [0.1, 0.15) is 0 Å². The van der Waals surface area contributed by atoms with Crippen LogP contribution in [-0.2, 0) is 0 Å². The van der Waals surface area contributed by atoms with Crippen LogP contribution in [0.5, 0.6) is 0 Å². The zero-order valence-electron chi connectivity index (χ0n) is 12.3. The molecule has 4 rings (SSSR count). The second kappa shape index (κ2) is 5.94. The first-order chi connectivity index (χ1) is 11.3. The third-order valence-corrected chi connectivity index (χ3v) is 4.28. The summed E-state index contributed by atoms with van der Waals surface area (Å²) in [7, 11) is 0. The first-order valence-corrected chi connectivity index (χ1v) is 8.19. The van der Waals surface area contributed by atoms with Gasteiger partial charge in [-0.15, -0.1) is 0 Å². The highest BCUT2D eigenvalue weighted by Crippen LogP contribution is 2.29. The van der Waals surface area contributed by atoms with Crippen molar-refractivity contribution in [1.82, 2.24) is 9.97 Å². The zero-order chi connectivity index (χ0) is 15.6. The SMILES string of the molecule is Brc1ccc(-c2nc(-c3ccccc3)c3ccccc3n2)cc1. The lowest BCUT2D eigenvalue weighted by molar-refractivity contribution is 1.23. The van der Waals surface area contributed by atoms with E-state index in [1.165, 1.54) is 0 Å². The summed E-state index contributed by atoms with van der Waals surface area (Å²) in [5, 5.41) is 1.07. The Labute approximate surface area is 143 Å². The normalized spacial score (nSPS) is 10.8. The Bertz CT molecular complexity index is 964. The van der Waals surface area contributed by atoms with Gasteiger partial charge in [0.15, 0.2) is 5.82 Å². The molecule has 0 saturated carbocycles. The number of halogens is 1. The van der Waals surface area contributed by atoms with Gasteiger partial charge < -0.3 is 0 Å². The van der Waals surface area contributed by atoms with Gasteiger partial charge in [-0.05, 0) is 18.2 Å². The standard InChI is InChI=1S/C20H13BrN2/c21-16-12-10-15(11-13-16)20-22-18-9-5-4-8-17(18)19(23-20)14-6-2-1-3-7-14/h1-13H. The fourth-order valence-electron chi connectivity index (χ4n) is 2.62. The molecule has 0 fully saturated rings. The van der Waals surface area contributed by atoms with E-state index in [2.05, 4.69) is 34.1 Å². The van der Waals surface area contributed by atoms with Crippen LogP contribution in [0.25, 0.3) is 33.5 Å². The molecule has 23 heavy (non-hydrogen) atoms. The number of nitrogens with zero attached hydrogens (tertiary/aromatic N) is 2. The van der Waals surface area contributed by atoms with Crippen LogP contribution in [-0.4, -0.2) is 9.97 Å². The van der Waals surface area contributed by atoms with Crippen molar-refractivity contribution >= 4 is 26.8 Å². The Morgan fingerprint density at radius 3 is 2.09 bits per heavy atom. The summed E-state index contributed by atoms with van der Waals surface area (Å²) in [6, 6.07) is 26.5. The average Bonchev–Trinajstić information content (AvgIpc) is 2.62. The third-order valence-electron chi connectivity index (χ3n) is 3.75. The van der Waals surface area contributed by atoms with Crippen LogP contribution < -0.4 is 0 Å². The molecule has 0 radical (unpaired) electrons. The molecule has 0 aliphatic heterocycles. The number of aromatic nitrogens is 2. The number of rotatable bonds is 2. The van der Waals surface area contributed by atoms with Crippen molar-refractivity contribution in [2.45, 2.75) is 0 Å². The highest BCUT2D eigenvalue weighted by Gasteiger charge is 2.10. The van der Waals surface area contributed by atoms with Crippen LogP contribution in [0.3, 0.4) is 0 Å². The monoisotopic (exact) mass is 360 g/mol. The predicted octanol–water partition coefficient (Wildman–Crippen LogP) is 5.73. The van der Waals surface area contributed by atoms with Crippen LogP contribution in [0.15, 0.2) is 83.3 Å². The molecular weight excluding hydrogens is 348 g/mol. The van der Waals surface area contributed by atoms with Crippen molar-refractivity contribution in [3.8, 4) is 22.6 Å². The topological polar surface area (TPSA) is 25.8 Å². The molecule has 4 aromatic rings. The lowest BCUT2D eigenvalue weighted by atomic mass is 10.1. The van der Waals surface area contributed by atoms with Gasteiger partial charge in [0.2, 0.25) is 0 Å². The van der Waals surface area contributed by atoms with E-state index in [9.17, 15) is 0 Å². The van der Waals surface area contributed by atoms with E-state index >= 15 is 0 Å². The minimum absolute atomic E-state index is 0.745. The summed E-state index contributed by atoms with van der Waals surface area (Å²) in [5.74, 6) is 0.745. The number of benzene rings is 3. The van der Waals surface area contributed by atoms with Gasteiger partial charge in [-0.25, -0.2) is 9.97 Å². The van der Waals surface area contributed by atoms with E-state index in [1.807, 2.05) is 60.7 Å². The Kier molecular flexibility index (Phi) is 3.64. The fourth-order valence-corrected chi connectivity index (χ4v) is 2.89. The van der Waals surface area contributed by atoms with Crippen molar-refractivity contribution in [2.24, 2.45) is 0 Å². The molecule has 110 valence electrons. The summed E-state index contributed by atoms with van der Waals surface area (Å²) in [4.78, 5) is 9.58. The van der Waals surface area contributed by atoms with E-state index < -0.39 is 0 Å². The Balaban J connectivity index is 1.99. The molecular formula is C20H13BrN2. The minimum atomic E-state index is 0.745. The summed E-state index contributed by atoms with van der Waals surface area (Å²) in [5.41, 5.74) is 4.04. The van der Waals surface area contributed by atoms with Crippen molar-refractivity contribution in [3.63, 3.8) is 0 Å². The molecule has 0 aliphatic rings. The van der Waals surface area contributed by atoms with Gasteiger partial charge in [-0.3, -0.25) is 0 Å². The van der Waals surface area contributed by atoms with Crippen LogP contribution in [0.2, 0.25) is 0 Å². The van der Waals surface area contributed by atoms with Crippen molar-refractivity contribution in [2.75, 3.05) is 0 Å². The molecule has 0 saturated heterocycles. The molecule has 0 unspecified atom stereocenters. The van der Waals surface area contributed by atoms with Gasteiger partial charge in [0.05, 0.1) is 11.2 Å². The van der Waals surface area contributed by atoms with Crippen LogP contribution in [0.1, 0.15) is 0 Å². The molecule has 0 N–H and O–H groups in total. The van der Waals surface area contributed by atoms with Crippen molar-refractivity contribution in [3.05, 3.63) is 83.3 Å². The highest BCUT2D eigenvalue weighted by molar-refractivity contribution is 9.10. The van der Waals surface area contributed by atoms with E-state index in [-0.39, 0.29) is 0 Å². The number of para-hydroxylation sites is 1. The molecule has 0 bridgehead atoms. The molecule has 1 heterocycles. The van der Waals surface area contributed by atoms with E-state index in [0.717, 1.165) is 38.0 Å². The van der Waals surface area contributed by atoms with Crippen LogP contribution in [0, 0.1) is 0 Å². The van der Waals surface area contributed by atoms with Crippen molar-refractivity contribution in [1.29, 1.82) is 0 Å². The predicted molar refractivity (Wildman–Crippen MR) is 98.1 cm³/mol. The number of fused-ring (bicyclic) bond motifs is 1. The Morgan fingerprint density at radius 2 is 1.30 bits per heavy atom. The lowest BCUT2D eigenvalue weighted by Crippen LogP contribution is -1.94. The van der Waals surface area contributed by atoms with E-state index in [4.69, 9.17) is 9.97 Å². The average molecular weight is 361 g/mol. The van der Waals surface area contributed by atoms with Gasteiger partial charge >= 0.3 is 0 Å². The van der Waals surface area contributed by atoms with Gasteiger partial charge in [0.25, 0.3) is 0 Å². The summed E-state index contributed by atoms with van der Waals surface area (Å²) in [6.45, 7) is 0. The van der Waals surface area contributed by atoms with E-state index in [1.54, 1.807) is 0 Å². The summed E-state index contributed by atoms with van der Waals surface area (Å²) < 4.78 is 1.05. The fraction of sp³-hybridized carbons (Fsp3) is 0. The zero-order valence-corrected chi connectivity index (χ0v) is 13.9. The molecule has 0 atom stereocenters. The maximum absolute atomic E-state index is 4.84. The highest BCUT2D eigenvalue weighted by atomic mass is 79.9. The van der Waals surface area contributed by atoms with Gasteiger partial charge in [-0.1, -0.05) is 76.6 Å². The van der Waals surface area contributed by atoms with E-state index in [0.29, 0.717) is 0 Å². The molecule has 3 heteroatoms. The number of hydrogen-bond acceptors (Lipinski definition) is 2. The van der Waals surface area contributed by atoms with Crippen LogP contribution >= 0.6 is 15.9 Å². The smallest absolute Gasteiger partial charge is 0.160 e. The van der Waals surface area contributed by atoms with Gasteiger partial charge in [0, 0.05) is 21.0 Å². The quantitative estimate of drug-likeness (QED) is 0.456. The molecule has 0 spiro atoms. The Hall–Kier alpha value is -2.52. The molecule has 1 aromatic heterocycles. The largest absolute Gasteiger partial charge is 0.228 e. The molecule has 3 aromatic carbocycles. The maximum Gasteiger partial charge on any atom is 0.160 e. The third kappa shape index (κ3) is 2.76. The second-order valence-corrected chi connectivity index (χ2v) is 6.20. The van der Waals surface area contributed by atoms with Crippen molar-refractivity contribution < 1.29 is 0 Å². The first-order valence-electron chi connectivity index (χ1n) is 7.39. The maximum atomic E-state index is 4.84. The first kappa shape index (κ1) is 14.1.